The third-order valence-corrected chi connectivity index (χ3v) is 4.25. The first-order chi connectivity index (χ1) is 9.97. The number of nitro benzene ring substituents is 1. The van der Waals surface area contributed by atoms with E-state index in [1.165, 1.54) is 23.9 Å². The first-order valence-electron chi connectivity index (χ1n) is 6.31. The third-order valence-electron chi connectivity index (χ3n) is 2.97. The second kappa shape index (κ2) is 6.93. The zero-order valence-corrected chi connectivity index (χ0v) is 12.9. The SMILES string of the molecule is CC(O)c1cccc(SCc2cc(Cl)ccc2[N+](=O)[O-])c1. The Kier molecular flexibility index (Phi) is 5.22. The van der Waals surface area contributed by atoms with Gasteiger partial charge in [0.15, 0.2) is 0 Å². The summed E-state index contributed by atoms with van der Waals surface area (Å²) in [6.45, 7) is 1.70. The standard InChI is InChI=1S/C15H14ClNO3S/c1-10(18)11-3-2-4-14(8-11)21-9-12-7-13(16)5-6-15(12)17(19)20/h2-8,10,18H,9H2,1H3. The van der Waals surface area contributed by atoms with Crippen molar-refractivity contribution in [2.24, 2.45) is 0 Å². The van der Waals surface area contributed by atoms with E-state index in [9.17, 15) is 15.2 Å². The van der Waals surface area contributed by atoms with Crippen molar-refractivity contribution in [1.29, 1.82) is 0 Å². The monoisotopic (exact) mass is 323 g/mol. The Balaban J connectivity index is 2.18. The van der Waals surface area contributed by atoms with Crippen LogP contribution in [0, 0.1) is 10.1 Å². The Labute approximate surface area is 131 Å². The highest BCUT2D eigenvalue weighted by Crippen LogP contribution is 2.31. The Morgan fingerprint density at radius 1 is 1.33 bits per heavy atom. The summed E-state index contributed by atoms with van der Waals surface area (Å²) in [7, 11) is 0. The molecule has 0 spiro atoms. The van der Waals surface area contributed by atoms with Gasteiger partial charge in [-0.15, -0.1) is 11.8 Å². The van der Waals surface area contributed by atoms with Gasteiger partial charge in [-0.05, 0) is 36.8 Å². The molecule has 0 saturated heterocycles. The Hall–Kier alpha value is -1.56. The third kappa shape index (κ3) is 4.20. The molecule has 2 aromatic rings. The fourth-order valence-corrected chi connectivity index (χ4v) is 3.02. The summed E-state index contributed by atoms with van der Waals surface area (Å²) in [5, 5.41) is 21.1. The largest absolute Gasteiger partial charge is 0.389 e. The first-order valence-corrected chi connectivity index (χ1v) is 7.67. The molecule has 4 nitrogen and oxygen atoms in total. The number of hydrogen-bond acceptors (Lipinski definition) is 4. The van der Waals surface area contributed by atoms with E-state index < -0.39 is 11.0 Å². The van der Waals surface area contributed by atoms with Crippen molar-refractivity contribution >= 4 is 29.1 Å². The average molecular weight is 324 g/mol. The summed E-state index contributed by atoms with van der Waals surface area (Å²) in [5.74, 6) is 0.445. The van der Waals surface area contributed by atoms with Gasteiger partial charge >= 0.3 is 0 Å². The number of nitro groups is 1. The quantitative estimate of drug-likeness (QED) is 0.496. The van der Waals surface area contributed by atoms with Crippen LogP contribution in [-0.2, 0) is 5.75 Å². The minimum absolute atomic E-state index is 0.0681. The van der Waals surface area contributed by atoms with Gasteiger partial charge in [-0.2, -0.15) is 0 Å². The van der Waals surface area contributed by atoms with Crippen LogP contribution in [0.2, 0.25) is 5.02 Å². The van der Waals surface area contributed by atoms with E-state index >= 15 is 0 Å². The Morgan fingerprint density at radius 2 is 2.10 bits per heavy atom. The lowest BCUT2D eigenvalue weighted by Gasteiger charge is -2.08. The van der Waals surface area contributed by atoms with Gasteiger partial charge in [-0.25, -0.2) is 0 Å². The van der Waals surface area contributed by atoms with Crippen molar-refractivity contribution in [2.45, 2.75) is 23.7 Å². The van der Waals surface area contributed by atoms with Crippen LogP contribution in [0.3, 0.4) is 0 Å². The van der Waals surface area contributed by atoms with Gasteiger partial charge in [0.1, 0.15) is 0 Å². The molecule has 6 heteroatoms. The van der Waals surface area contributed by atoms with Crippen LogP contribution >= 0.6 is 23.4 Å². The molecule has 0 fully saturated rings. The molecule has 0 radical (unpaired) electrons. The minimum Gasteiger partial charge on any atom is -0.389 e. The molecular weight excluding hydrogens is 310 g/mol. The number of nitrogens with zero attached hydrogens (tertiary/aromatic N) is 1. The van der Waals surface area contributed by atoms with E-state index in [2.05, 4.69) is 0 Å². The molecule has 0 bridgehead atoms. The van der Waals surface area contributed by atoms with Gasteiger partial charge in [0.2, 0.25) is 0 Å². The number of benzene rings is 2. The lowest BCUT2D eigenvalue weighted by Crippen LogP contribution is -1.94. The molecule has 1 unspecified atom stereocenters. The molecule has 0 heterocycles. The fraction of sp³-hybridized carbons (Fsp3) is 0.200. The minimum atomic E-state index is -0.536. The molecule has 2 aromatic carbocycles. The molecule has 1 atom stereocenters. The predicted octanol–water partition coefficient (Wildman–Crippen LogP) is 4.59. The van der Waals surface area contributed by atoms with Gasteiger partial charge in [0, 0.05) is 27.3 Å². The topological polar surface area (TPSA) is 63.4 Å². The van der Waals surface area contributed by atoms with Crippen LogP contribution < -0.4 is 0 Å². The van der Waals surface area contributed by atoms with E-state index in [1.54, 1.807) is 13.0 Å². The van der Waals surface area contributed by atoms with Crippen LogP contribution in [0.1, 0.15) is 24.2 Å². The summed E-state index contributed by atoms with van der Waals surface area (Å²) in [4.78, 5) is 11.6. The highest BCUT2D eigenvalue weighted by molar-refractivity contribution is 7.98. The van der Waals surface area contributed by atoms with Gasteiger partial charge in [0.05, 0.1) is 11.0 Å². The van der Waals surface area contributed by atoms with E-state index in [0.717, 1.165) is 10.5 Å². The summed E-state index contributed by atoms with van der Waals surface area (Å²) in [5.41, 5.74) is 1.47. The molecule has 0 aliphatic heterocycles. The van der Waals surface area contributed by atoms with Gasteiger partial charge in [-0.3, -0.25) is 10.1 Å². The van der Waals surface area contributed by atoms with E-state index in [0.29, 0.717) is 16.3 Å². The van der Waals surface area contributed by atoms with Crippen molar-refractivity contribution in [2.75, 3.05) is 0 Å². The molecule has 110 valence electrons. The number of thioether (sulfide) groups is 1. The maximum Gasteiger partial charge on any atom is 0.273 e. The average Bonchev–Trinajstić information content (AvgIpc) is 2.45. The van der Waals surface area contributed by atoms with Gasteiger partial charge < -0.3 is 5.11 Å². The lowest BCUT2D eigenvalue weighted by atomic mass is 10.1. The lowest BCUT2D eigenvalue weighted by molar-refractivity contribution is -0.385. The molecule has 1 N–H and O–H groups in total. The number of rotatable bonds is 5. The van der Waals surface area contributed by atoms with Gasteiger partial charge in [0.25, 0.3) is 5.69 Å². The van der Waals surface area contributed by atoms with E-state index in [1.807, 2.05) is 24.3 Å². The summed E-state index contributed by atoms with van der Waals surface area (Å²) in [6, 6.07) is 12.0. The van der Waals surface area contributed by atoms with Crippen molar-refractivity contribution in [3.63, 3.8) is 0 Å². The van der Waals surface area contributed by atoms with E-state index in [-0.39, 0.29) is 5.69 Å². The fourth-order valence-electron chi connectivity index (χ4n) is 1.87. The second-order valence-electron chi connectivity index (χ2n) is 4.57. The highest BCUT2D eigenvalue weighted by Gasteiger charge is 2.14. The first kappa shape index (κ1) is 15.8. The summed E-state index contributed by atoms with van der Waals surface area (Å²) in [6.07, 6.45) is -0.536. The maximum absolute atomic E-state index is 11.0. The molecule has 0 saturated carbocycles. The smallest absolute Gasteiger partial charge is 0.273 e. The number of hydrogen-bond donors (Lipinski definition) is 1. The molecular formula is C15H14ClNO3S. The zero-order valence-electron chi connectivity index (χ0n) is 11.3. The van der Waals surface area contributed by atoms with Crippen molar-refractivity contribution in [1.82, 2.24) is 0 Å². The highest BCUT2D eigenvalue weighted by atomic mass is 35.5. The van der Waals surface area contributed by atoms with Crippen LogP contribution in [0.5, 0.6) is 0 Å². The number of aliphatic hydroxyl groups excluding tert-OH is 1. The normalized spacial score (nSPS) is 12.1. The van der Waals surface area contributed by atoms with Crippen LogP contribution in [-0.4, -0.2) is 10.0 Å². The van der Waals surface area contributed by atoms with Crippen molar-refractivity contribution in [3.05, 3.63) is 68.7 Å². The van der Waals surface area contributed by atoms with Crippen molar-refractivity contribution in [3.8, 4) is 0 Å². The zero-order chi connectivity index (χ0) is 15.4. The molecule has 21 heavy (non-hydrogen) atoms. The predicted molar refractivity (Wildman–Crippen MR) is 84.7 cm³/mol. The van der Waals surface area contributed by atoms with Crippen LogP contribution in [0.15, 0.2) is 47.4 Å². The number of halogens is 1. The number of aliphatic hydroxyl groups is 1. The molecule has 0 aliphatic rings. The van der Waals surface area contributed by atoms with Crippen LogP contribution in [0.25, 0.3) is 0 Å². The molecule has 0 amide bonds. The molecule has 0 aromatic heterocycles. The summed E-state index contributed by atoms with van der Waals surface area (Å²) < 4.78 is 0. The molecule has 0 aliphatic carbocycles. The van der Waals surface area contributed by atoms with Gasteiger partial charge in [-0.1, -0.05) is 23.7 Å². The second-order valence-corrected chi connectivity index (χ2v) is 6.05. The Morgan fingerprint density at radius 3 is 2.76 bits per heavy atom. The van der Waals surface area contributed by atoms with E-state index in [4.69, 9.17) is 11.6 Å². The maximum atomic E-state index is 11.0. The van der Waals surface area contributed by atoms with Crippen molar-refractivity contribution < 1.29 is 10.0 Å². The van der Waals surface area contributed by atoms with Crippen LogP contribution in [0.4, 0.5) is 5.69 Å². The summed E-state index contributed by atoms with van der Waals surface area (Å²) >= 11 is 7.38. The Bertz CT molecular complexity index is 661. The molecule has 2 rings (SSSR count).